The Morgan fingerprint density at radius 2 is 2.00 bits per heavy atom. The van der Waals surface area contributed by atoms with E-state index in [1.807, 2.05) is 18.0 Å². The smallest absolute Gasteiger partial charge is 0.241 e. The van der Waals surface area contributed by atoms with E-state index in [0.29, 0.717) is 45.8 Å². The van der Waals surface area contributed by atoms with E-state index in [2.05, 4.69) is 48.5 Å². The van der Waals surface area contributed by atoms with Crippen LogP contribution < -0.4 is 10.2 Å². The molecule has 8 nitrogen and oxygen atoms in total. The van der Waals surface area contributed by atoms with Gasteiger partial charge in [-0.15, -0.1) is 0 Å². The summed E-state index contributed by atoms with van der Waals surface area (Å²) in [7, 11) is 0. The first-order valence-electron chi connectivity index (χ1n) is 14.2. The molecule has 9 heteroatoms. The second kappa shape index (κ2) is 11.2. The molecular formula is C31H42FN5O3. The Morgan fingerprint density at radius 1 is 1.25 bits per heavy atom. The zero-order valence-corrected chi connectivity index (χ0v) is 24.1. The molecule has 3 atom stereocenters. The molecule has 0 unspecified atom stereocenters. The van der Waals surface area contributed by atoms with Crippen LogP contribution in [0.4, 0.5) is 10.1 Å². The number of carbonyl (C=O) groups excluding carboxylic acids is 1. The number of carbonyl (C=O) groups is 1. The summed E-state index contributed by atoms with van der Waals surface area (Å²) < 4.78 is 19.1. The molecule has 5 rings (SSSR count). The highest BCUT2D eigenvalue weighted by Gasteiger charge is 2.43. The van der Waals surface area contributed by atoms with Crippen molar-refractivity contribution in [3.05, 3.63) is 71.4 Å². The molecule has 40 heavy (non-hydrogen) atoms. The van der Waals surface area contributed by atoms with E-state index in [1.165, 1.54) is 12.1 Å². The number of pyridine rings is 1. The maximum atomic E-state index is 14.0. The summed E-state index contributed by atoms with van der Waals surface area (Å²) in [5.41, 5.74) is 3.84. The molecule has 0 spiro atoms. The number of halogens is 1. The van der Waals surface area contributed by atoms with E-state index in [9.17, 15) is 14.3 Å². The predicted molar refractivity (Wildman–Crippen MR) is 154 cm³/mol. The van der Waals surface area contributed by atoms with Gasteiger partial charge in [0.15, 0.2) is 0 Å². The van der Waals surface area contributed by atoms with E-state index in [-0.39, 0.29) is 42.4 Å². The highest BCUT2D eigenvalue weighted by atomic mass is 19.1. The summed E-state index contributed by atoms with van der Waals surface area (Å²) in [5.74, 6) is -0.224. The predicted octanol–water partition coefficient (Wildman–Crippen LogP) is 2.69. The van der Waals surface area contributed by atoms with E-state index in [0.717, 1.165) is 28.2 Å². The van der Waals surface area contributed by atoms with Crippen LogP contribution in [0.1, 0.15) is 44.5 Å². The molecule has 1 aromatic carbocycles. The topological polar surface area (TPSA) is 81.2 Å². The minimum absolute atomic E-state index is 0.0333. The van der Waals surface area contributed by atoms with Crippen LogP contribution in [-0.4, -0.2) is 96.0 Å². The van der Waals surface area contributed by atoms with Gasteiger partial charge in [0.2, 0.25) is 5.91 Å². The average Bonchev–Trinajstić information content (AvgIpc) is 3.20. The molecule has 1 amide bonds. The number of aromatic nitrogens is 1. The van der Waals surface area contributed by atoms with Crippen molar-refractivity contribution in [1.82, 2.24) is 20.1 Å². The standard InChI is InChI=1S/C31H42FN5O3/c1-21-16-35(27(15-33-21)22(2)37-10-11-40-20-31(37,5)19-38)17-28(39)36-18-30(3,4)29-26(36)13-24(14-34-29)12-23-6-8-25(32)9-7-23/h6-9,13-14,21,27,33,38H,2,10-12,15-20H2,1,3-5H3/t21-,27-,31-/m1/s1. The van der Waals surface area contributed by atoms with Crippen molar-refractivity contribution >= 4 is 11.6 Å². The molecule has 3 aliphatic rings. The summed E-state index contributed by atoms with van der Waals surface area (Å²) in [6.45, 7) is 16.7. The number of hydrogen-bond donors (Lipinski definition) is 2. The number of nitrogens with one attached hydrogen (secondary N) is 1. The normalized spacial score (nSPS) is 26.6. The number of piperazine rings is 1. The highest BCUT2D eigenvalue weighted by molar-refractivity contribution is 5.97. The minimum atomic E-state index is -0.543. The van der Waals surface area contributed by atoms with Crippen LogP contribution in [0.25, 0.3) is 0 Å². The Kier molecular flexibility index (Phi) is 8.03. The zero-order chi connectivity index (χ0) is 28.7. The van der Waals surface area contributed by atoms with Crippen molar-refractivity contribution in [2.75, 3.05) is 57.4 Å². The number of hydrogen-bond acceptors (Lipinski definition) is 7. The maximum Gasteiger partial charge on any atom is 0.241 e. The lowest BCUT2D eigenvalue weighted by Gasteiger charge is -2.50. The van der Waals surface area contributed by atoms with Crippen LogP contribution in [0.3, 0.4) is 0 Å². The number of benzene rings is 1. The Bertz CT molecular complexity index is 1250. The lowest BCUT2D eigenvalue weighted by atomic mass is 9.91. The number of anilines is 1. The van der Waals surface area contributed by atoms with Gasteiger partial charge in [0.05, 0.1) is 49.3 Å². The number of nitrogens with zero attached hydrogens (tertiary/aromatic N) is 4. The van der Waals surface area contributed by atoms with Crippen LogP contribution in [0.2, 0.25) is 0 Å². The number of rotatable bonds is 7. The van der Waals surface area contributed by atoms with Crippen LogP contribution in [0.5, 0.6) is 0 Å². The lowest BCUT2D eigenvalue weighted by molar-refractivity contribution is -0.121. The van der Waals surface area contributed by atoms with E-state index in [4.69, 9.17) is 9.72 Å². The van der Waals surface area contributed by atoms with Gasteiger partial charge in [-0.25, -0.2) is 4.39 Å². The van der Waals surface area contributed by atoms with E-state index >= 15 is 0 Å². The van der Waals surface area contributed by atoms with Crippen molar-refractivity contribution in [2.45, 2.75) is 57.2 Å². The molecule has 1 aromatic heterocycles. The fourth-order valence-corrected chi connectivity index (χ4v) is 6.28. The van der Waals surface area contributed by atoms with Crippen LogP contribution in [0, 0.1) is 5.82 Å². The molecular weight excluding hydrogens is 509 g/mol. The number of amides is 1. The molecule has 2 aromatic rings. The lowest BCUT2D eigenvalue weighted by Crippen LogP contribution is -2.64. The van der Waals surface area contributed by atoms with Gasteiger partial charge in [-0.1, -0.05) is 32.6 Å². The summed E-state index contributed by atoms with van der Waals surface area (Å²) in [4.78, 5) is 25.1. The quantitative estimate of drug-likeness (QED) is 0.548. The van der Waals surface area contributed by atoms with Gasteiger partial charge < -0.3 is 25.0 Å². The molecule has 3 aliphatic heterocycles. The summed E-state index contributed by atoms with van der Waals surface area (Å²) in [5, 5.41) is 13.7. The Morgan fingerprint density at radius 3 is 2.73 bits per heavy atom. The number of aliphatic hydroxyl groups is 1. The van der Waals surface area contributed by atoms with Crippen LogP contribution in [-0.2, 0) is 21.4 Å². The molecule has 0 saturated carbocycles. The third-order valence-electron chi connectivity index (χ3n) is 8.58. The van der Waals surface area contributed by atoms with Crippen molar-refractivity contribution in [1.29, 1.82) is 0 Å². The SMILES string of the molecule is C=C([C@H]1CN[C@H](C)CN1CC(=O)N1CC(C)(C)c2ncc(Cc3ccc(F)cc3)cc21)N1CCOC[C@@]1(C)CO. The fourth-order valence-electron chi connectivity index (χ4n) is 6.28. The molecule has 0 radical (unpaired) electrons. The van der Waals surface area contributed by atoms with Crippen LogP contribution in [0.15, 0.2) is 48.8 Å². The monoisotopic (exact) mass is 551 g/mol. The first-order valence-corrected chi connectivity index (χ1v) is 14.2. The second-order valence-corrected chi connectivity index (χ2v) is 12.5. The highest BCUT2D eigenvalue weighted by Crippen LogP contribution is 2.40. The van der Waals surface area contributed by atoms with Crippen molar-refractivity contribution in [3.63, 3.8) is 0 Å². The van der Waals surface area contributed by atoms with Gasteiger partial charge in [0.1, 0.15) is 5.82 Å². The third kappa shape index (κ3) is 5.65. The van der Waals surface area contributed by atoms with Crippen molar-refractivity contribution in [2.24, 2.45) is 0 Å². The number of ether oxygens (including phenoxy) is 1. The number of aliphatic hydroxyl groups excluding tert-OH is 1. The molecule has 2 saturated heterocycles. The van der Waals surface area contributed by atoms with Gasteiger partial charge in [0, 0.05) is 49.5 Å². The van der Waals surface area contributed by atoms with Crippen molar-refractivity contribution < 1.29 is 19.0 Å². The minimum Gasteiger partial charge on any atom is -0.394 e. The van der Waals surface area contributed by atoms with Gasteiger partial charge >= 0.3 is 0 Å². The first kappa shape index (κ1) is 28.7. The van der Waals surface area contributed by atoms with Crippen molar-refractivity contribution in [3.8, 4) is 0 Å². The van der Waals surface area contributed by atoms with Gasteiger partial charge in [0.25, 0.3) is 0 Å². The first-order chi connectivity index (χ1) is 19.0. The zero-order valence-electron chi connectivity index (χ0n) is 24.1. The van der Waals surface area contributed by atoms with Crippen LogP contribution >= 0.6 is 0 Å². The van der Waals surface area contributed by atoms with Gasteiger partial charge in [-0.05, 0) is 49.6 Å². The molecule has 0 aliphatic carbocycles. The molecule has 2 fully saturated rings. The number of morpholine rings is 1. The Hall–Kier alpha value is -2.85. The Balaban J connectivity index is 1.36. The molecule has 2 N–H and O–H groups in total. The average molecular weight is 552 g/mol. The summed E-state index contributed by atoms with van der Waals surface area (Å²) >= 11 is 0. The number of fused-ring (bicyclic) bond motifs is 1. The largest absolute Gasteiger partial charge is 0.394 e. The van der Waals surface area contributed by atoms with Gasteiger partial charge in [-0.3, -0.25) is 14.7 Å². The van der Waals surface area contributed by atoms with Gasteiger partial charge in [-0.2, -0.15) is 0 Å². The van der Waals surface area contributed by atoms with E-state index < -0.39 is 5.54 Å². The fraction of sp³-hybridized carbons (Fsp3) is 0.548. The third-order valence-corrected chi connectivity index (χ3v) is 8.58. The Labute approximate surface area is 236 Å². The molecule has 0 bridgehead atoms. The maximum absolute atomic E-state index is 14.0. The molecule has 4 heterocycles. The molecule has 216 valence electrons. The van der Waals surface area contributed by atoms with E-state index in [1.54, 1.807) is 12.1 Å². The summed E-state index contributed by atoms with van der Waals surface area (Å²) in [6.07, 6.45) is 2.49. The summed E-state index contributed by atoms with van der Waals surface area (Å²) in [6, 6.07) is 8.71. The second-order valence-electron chi connectivity index (χ2n) is 12.5.